The lowest BCUT2D eigenvalue weighted by Gasteiger charge is -2.01. The fraction of sp³-hybridized carbons (Fsp3) is 0.250. The number of rotatable bonds is 3. The molecule has 5 heteroatoms. The van der Waals surface area contributed by atoms with Gasteiger partial charge in [-0.05, 0) is 19.1 Å². The summed E-state index contributed by atoms with van der Waals surface area (Å²) in [5.74, 6) is -1.84. The monoisotopic (exact) mass is 199 g/mol. The van der Waals surface area contributed by atoms with Gasteiger partial charge in [-0.1, -0.05) is 0 Å². The minimum absolute atomic E-state index is 0.225. The van der Waals surface area contributed by atoms with Crippen LogP contribution in [0.5, 0.6) is 0 Å². The zero-order valence-corrected chi connectivity index (χ0v) is 7.80. The highest BCUT2D eigenvalue weighted by atomic mass is 32.1. The van der Waals surface area contributed by atoms with Crippen LogP contribution in [0.25, 0.3) is 0 Å². The summed E-state index contributed by atoms with van der Waals surface area (Å²) in [5.41, 5.74) is 5.07. The molecule has 4 nitrogen and oxygen atoms in total. The lowest BCUT2D eigenvalue weighted by molar-refractivity contribution is -0.119. The van der Waals surface area contributed by atoms with Gasteiger partial charge in [-0.3, -0.25) is 4.79 Å². The Bertz CT molecular complexity index is 345. The molecule has 0 aliphatic rings. The Morgan fingerprint density at radius 2 is 2.15 bits per heavy atom. The van der Waals surface area contributed by atoms with E-state index in [0.717, 1.165) is 11.3 Å². The first-order valence-electron chi connectivity index (χ1n) is 3.64. The van der Waals surface area contributed by atoms with Crippen molar-refractivity contribution in [1.82, 2.24) is 0 Å². The Kier molecular flexibility index (Phi) is 2.67. The molecule has 1 aromatic rings. The summed E-state index contributed by atoms with van der Waals surface area (Å²) in [6.45, 7) is 1.65. The number of carboxylic acids is 1. The molecule has 0 bridgehead atoms. The number of thiophene rings is 1. The lowest BCUT2D eigenvalue weighted by atomic mass is 10.1. The molecule has 0 aromatic carbocycles. The van der Waals surface area contributed by atoms with Crippen LogP contribution in [-0.2, 0) is 4.79 Å². The van der Waals surface area contributed by atoms with E-state index < -0.39 is 17.8 Å². The second kappa shape index (κ2) is 3.57. The first kappa shape index (κ1) is 9.73. The fourth-order valence-corrected chi connectivity index (χ4v) is 1.75. The number of carbonyl (C=O) groups excluding carboxylic acids is 1. The number of hydrogen-bond acceptors (Lipinski definition) is 3. The topological polar surface area (TPSA) is 80.4 Å². The molecule has 0 aliphatic heterocycles. The summed E-state index contributed by atoms with van der Waals surface area (Å²) >= 11 is 1.08. The summed E-state index contributed by atoms with van der Waals surface area (Å²) in [6.07, 6.45) is 0. The minimum Gasteiger partial charge on any atom is -0.477 e. The molecule has 0 fully saturated rings. The van der Waals surface area contributed by atoms with E-state index in [1.807, 2.05) is 0 Å². The smallest absolute Gasteiger partial charge is 0.345 e. The van der Waals surface area contributed by atoms with Gasteiger partial charge < -0.3 is 10.8 Å². The first-order valence-corrected chi connectivity index (χ1v) is 4.46. The van der Waals surface area contributed by atoms with Gasteiger partial charge in [0.2, 0.25) is 5.91 Å². The molecule has 1 aromatic heterocycles. The van der Waals surface area contributed by atoms with Gasteiger partial charge in [0.25, 0.3) is 0 Å². The van der Waals surface area contributed by atoms with Gasteiger partial charge in [0, 0.05) is 4.88 Å². The second-order valence-corrected chi connectivity index (χ2v) is 3.75. The Labute approximate surface area is 79.0 Å². The quantitative estimate of drug-likeness (QED) is 0.763. The molecule has 0 spiro atoms. The van der Waals surface area contributed by atoms with Gasteiger partial charge in [0.05, 0.1) is 5.92 Å². The molecule has 0 aliphatic carbocycles. The average Bonchev–Trinajstić information content (AvgIpc) is 2.50. The van der Waals surface area contributed by atoms with Crippen LogP contribution < -0.4 is 5.73 Å². The highest BCUT2D eigenvalue weighted by molar-refractivity contribution is 7.14. The van der Waals surface area contributed by atoms with Crippen LogP contribution in [-0.4, -0.2) is 17.0 Å². The van der Waals surface area contributed by atoms with Crippen LogP contribution in [0.1, 0.15) is 27.4 Å². The Morgan fingerprint density at radius 3 is 2.54 bits per heavy atom. The summed E-state index contributed by atoms with van der Waals surface area (Å²) in [7, 11) is 0. The first-order chi connectivity index (χ1) is 6.02. The summed E-state index contributed by atoms with van der Waals surface area (Å²) in [5, 5.41) is 8.61. The molecular weight excluding hydrogens is 190 g/mol. The molecule has 1 heterocycles. The number of primary amides is 1. The molecule has 1 amide bonds. The molecule has 0 radical (unpaired) electrons. The molecule has 0 saturated heterocycles. The number of carbonyl (C=O) groups is 2. The van der Waals surface area contributed by atoms with Crippen molar-refractivity contribution in [2.75, 3.05) is 0 Å². The van der Waals surface area contributed by atoms with E-state index in [9.17, 15) is 9.59 Å². The number of amides is 1. The average molecular weight is 199 g/mol. The molecular formula is C8H9NO3S. The van der Waals surface area contributed by atoms with Crippen molar-refractivity contribution in [3.8, 4) is 0 Å². The van der Waals surface area contributed by atoms with Crippen molar-refractivity contribution in [3.05, 3.63) is 21.9 Å². The van der Waals surface area contributed by atoms with Gasteiger partial charge in [-0.25, -0.2) is 4.79 Å². The van der Waals surface area contributed by atoms with Crippen molar-refractivity contribution in [2.45, 2.75) is 12.8 Å². The van der Waals surface area contributed by atoms with Gasteiger partial charge in [-0.2, -0.15) is 0 Å². The van der Waals surface area contributed by atoms with Crippen LogP contribution in [0.4, 0.5) is 0 Å². The zero-order valence-electron chi connectivity index (χ0n) is 6.98. The van der Waals surface area contributed by atoms with Crippen LogP contribution in [0.3, 0.4) is 0 Å². The van der Waals surface area contributed by atoms with Gasteiger partial charge in [-0.15, -0.1) is 11.3 Å². The van der Waals surface area contributed by atoms with Crippen LogP contribution >= 0.6 is 11.3 Å². The van der Waals surface area contributed by atoms with Crippen molar-refractivity contribution in [2.24, 2.45) is 5.73 Å². The number of aromatic carboxylic acids is 1. The molecule has 1 atom stereocenters. The third-order valence-corrected chi connectivity index (χ3v) is 2.95. The molecule has 3 N–H and O–H groups in total. The number of hydrogen-bond donors (Lipinski definition) is 2. The number of carboxylic acid groups (broad SMARTS) is 1. The van der Waals surface area contributed by atoms with Gasteiger partial charge >= 0.3 is 5.97 Å². The third-order valence-electron chi connectivity index (χ3n) is 1.69. The van der Waals surface area contributed by atoms with E-state index in [4.69, 9.17) is 10.8 Å². The van der Waals surface area contributed by atoms with Crippen LogP contribution in [0, 0.1) is 0 Å². The highest BCUT2D eigenvalue weighted by Gasteiger charge is 2.15. The van der Waals surface area contributed by atoms with E-state index in [2.05, 4.69) is 0 Å². The van der Waals surface area contributed by atoms with Crippen LogP contribution in [0.15, 0.2) is 12.1 Å². The van der Waals surface area contributed by atoms with Crippen molar-refractivity contribution >= 4 is 23.2 Å². The summed E-state index contributed by atoms with van der Waals surface area (Å²) in [4.78, 5) is 22.2. The maximum absolute atomic E-state index is 10.8. The standard InChI is InChI=1S/C8H9NO3S/c1-4(7(9)10)5-2-3-6(13-5)8(11)12/h2-4H,1H3,(H2,9,10)(H,11,12)/t4-/m1/s1. The predicted octanol–water partition coefficient (Wildman–Crippen LogP) is 1.04. The second-order valence-electron chi connectivity index (χ2n) is 2.63. The van der Waals surface area contributed by atoms with E-state index in [1.54, 1.807) is 13.0 Å². The van der Waals surface area contributed by atoms with E-state index in [0.29, 0.717) is 4.88 Å². The molecule has 1 rings (SSSR count). The molecule has 0 saturated carbocycles. The number of nitrogens with two attached hydrogens (primary N) is 1. The van der Waals surface area contributed by atoms with Crippen molar-refractivity contribution < 1.29 is 14.7 Å². The normalized spacial score (nSPS) is 12.4. The predicted molar refractivity (Wildman–Crippen MR) is 48.9 cm³/mol. The highest BCUT2D eigenvalue weighted by Crippen LogP contribution is 2.24. The lowest BCUT2D eigenvalue weighted by Crippen LogP contribution is -2.17. The van der Waals surface area contributed by atoms with E-state index in [-0.39, 0.29) is 4.88 Å². The Balaban J connectivity index is 2.91. The van der Waals surface area contributed by atoms with Crippen molar-refractivity contribution in [3.63, 3.8) is 0 Å². The molecule has 13 heavy (non-hydrogen) atoms. The molecule has 70 valence electrons. The Hall–Kier alpha value is -1.36. The SMILES string of the molecule is C[C@@H](C(N)=O)c1ccc(C(=O)O)s1. The van der Waals surface area contributed by atoms with E-state index >= 15 is 0 Å². The summed E-state index contributed by atoms with van der Waals surface area (Å²) < 4.78 is 0. The molecule has 0 unspecified atom stereocenters. The maximum Gasteiger partial charge on any atom is 0.345 e. The minimum atomic E-state index is -0.979. The maximum atomic E-state index is 10.8. The largest absolute Gasteiger partial charge is 0.477 e. The van der Waals surface area contributed by atoms with Crippen molar-refractivity contribution in [1.29, 1.82) is 0 Å². The van der Waals surface area contributed by atoms with Crippen LogP contribution in [0.2, 0.25) is 0 Å². The summed E-state index contributed by atoms with van der Waals surface area (Å²) in [6, 6.07) is 3.09. The Morgan fingerprint density at radius 1 is 1.54 bits per heavy atom. The zero-order chi connectivity index (χ0) is 10.0. The fourth-order valence-electron chi connectivity index (χ4n) is 0.841. The van der Waals surface area contributed by atoms with E-state index in [1.165, 1.54) is 6.07 Å². The van der Waals surface area contributed by atoms with Gasteiger partial charge in [0.15, 0.2) is 0 Å². The van der Waals surface area contributed by atoms with Gasteiger partial charge in [0.1, 0.15) is 4.88 Å². The third kappa shape index (κ3) is 2.06.